The van der Waals surface area contributed by atoms with Crippen molar-refractivity contribution in [3.63, 3.8) is 0 Å². The van der Waals surface area contributed by atoms with Crippen molar-refractivity contribution in [3.05, 3.63) is 59.1 Å². The van der Waals surface area contributed by atoms with Gasteiger partial charge >= 0.3 is 0 Å². The second kappa shape index (κ2) is 5.69. The summed E-state index contributed by atoms with van der Waals surface area (Å²) < 4.78 is 5.63. The standard InChI is InChI=1S/C15H13ClO2/c1-2-15(17)11-3-7-13(8-4-11)18-14-9-5-12(16)6-10-14/h3-10H,2H2,1H3. The van der Waals surface area contributed by atoms with Gasteiger partial charge in [-0.3, -0.25) is 4.79 Å². The Morgan fingerprint density at radius 3 is 2.00 bits per heavy atom. The van der Waals surface area contributed by atoms with Crippen molar-refractivity contribution in [2.75, 3.05) is 0 Å². The number of ketones is 1. The Hall–Kier alpha value is -1.80. The summed E-state index contributed by atoms with van der Waals surface area (Å²) in [7, 11) is 0. The van der Waals surface area contributed by atoms with E-state index in [0.717, 1.165) is 0 Å². The van der Waals surface area contributed by atoms with Crippen molar-refractivity contribution in [2.45, 2.75) is 13.3 Å². The molecule has 92 valence electrons. The first-order valence-electron chi connectivity index (χ1n) is 5.75. The summed E-state index contributed by atoms with van der Waals surface area (Å²) in [6.45, 7) is 1.85. The van der Waals surface area contributed by atoms with Crippen molar-refractivity contribution >= 4 is 17.4 Å². The van der Waals surface area contributed by atoms with Gasteiger partial charge in [0.15, 0.2) is 5.78 Å². The second-order valence-corrected chi connectivity index (χ2v) is 4.29. The molecule has 3 heteroatoms. The molecule has 0 unspecified atom stereocenters. The van der Waals surface area contributed by atoms with E-state index in [0.29, 0.717) is 28.5 Å². The van der Waals surface area contributed by atoms with E-state index in [1.165, 1.54) is 0 Å². The Labute approximate surface area is 111 Å². The van der Waals surface area contributed by atoms with Crippen molar-refractivity contribution in [1.29, 1.82) is 0 Å². The van der Waals surface area contributed by atoms with Gasteiger partial charge in [0, 0.05) is 17.0 Å². The van der Waals surface area contributed by atoms with Crippen LogP contribution in [-0.2, 0) is 0 Å². The molecule has 2 aromatic carbocycles. The number of carbonyl (C=O) groups is 1. The number of hydrogen-bond donors (Lipinski definition) is 0. The maximum atomic E-state index is 11.5. The predicted octanol–water partition coefficient (Wildman–Crippen LogP) is 4.73. The highest BCUT2D eigenvalue weighted by molar-refractivity contribution is 6.30. The van der Waals surface area contributed by atoms with Gasteiger partial charge < -0.3 is 4.74 Å². The summed E-state index contributed by atoms with van der Waals surface area (Å²) >= 11 is 5.79. The van der Waals surface area contributed by atoms with E-state index < -0.39 is 0 Å². The molecule has 0 atom stereocenters. The quantitative estimate of drug-likeness (QED) is 0.743. The summed E-state index contributed by atoms with van der Waals surface area (Å²) in [5, 5.41) is 0.672. The molecule has 0 aliphatic heterocycles. The van der Waals surface area contributed by atoms with Gasteiger partial charge in [-0.15, -0.1) is 0 Å². The number of hydrogen-bond acceptors (Lipinski definition) is 2. The minimum absolute atomic E-state index is 0.132. The molecule has 0 N–H and O–H groups in total. The molecule has 0 radical (unpaired) electrons. The third kappa shape index (κ3) is 3.11. The number of Topliss-reactive ketones (excluding diaryl/α,β-unsaturated/α-hetero) is 1. The minimum atomic E-state index is 0.132. The van der Waals surface area contributed by atoms with Gasteiger partial charge in [0.2, 0.25) is 0 Å². The molecular formula is C15H13ClO2. The average Bonchev–Trinajstić information content (AvgIpc) is 2.41. The first kappa shape index (κ1) is 12.7. The molecule has 2 aromatic rings. The van der Waals surface area contributed by atoms with Crippen LogP contribution in [0.2, 0.25) is 5.02 Å². The van der Waals surface area contributed by atoms with Gasteiger partial charge in [0.05, 0.1) is 0 Å². The lowest BCUT2D eigenvalue weighted by molar-refractivity contribution is 0.0988. The van der Waals surface area contributed by atoms with E-state index >= 15 is 0 Å². The summed E-state index contributed by atoms with van der Waals surface area (Å²) in [6.07, 6.45) is 0.511. The van der Waals surface area contributed by atoms with E-state index in [2.05, 4.69) is 0 Å². The van der Waals surface area contributed by atoms with E-state index in [1.807, 2.05) is 6.92 Å². The molecule has 2 nitrogen and oxygen atoms in total. The normalized spacial score (nSPS) is 10.1. The molecule has 0 amide bonds. The number of carbonyl (C=O) groups excluding carboxylic acids is 1. The lowest BCUT2D eigenvalue weighted by Gasteiger charge is -2.06. The summed E-state index contributed by atoms with van der Waals surface area (Å²) in [6, 6.07) is 14.3. The third-order valence-electron chi connectivity index (χ3n) is 2.55. The lowest BCUT2D eigenvalue weighted by Crippen LogP contribution is -1.95. The first-order chi connectivity index (χ1) is 8.69. The topological polar surface area (TPSA) is 26.3 Å². The van der Waals surface area contributed by atoms with Crippen LogP contribution in [0.25, 0.3) is 0 Å². The molecule has 0 heterocycles. The Morgan fingerprint density at radius 2 is 1.50 bits per heavy atom. The number of rotatable bonds is 4. The van der Waals surface area contributed by atoms with Crippen LogP contribution < -0.4 is 4.74 Å². The molecule has 18 heavy (non-hydrogen) atoms. The smallest absolute Gasteiger partial charge is 0.162 e. The fourth-order valence-corrected chi connectivity index (χ4v) is 1.68. The fourth-order valence-electron chi connectivity index (χ4n) is 1.55. The van der Waals surface area contributed by atoms with E-state index in [9.17, 15) is 4.79 Å². The maximum Gasteiger partial charge on any atom is 0.162 e. The molecule has 0 bridgehead atoms. The predicted molar refractivity (Wildman–Crippen MR) is 72.6 cm³/mol. The van der Waals surface area contributed by atoms with E-state index in [1.54, 1.807) is 48.5 Å². The molecular weight excluding hydrogens is 248 g/mol. The third-order valence-corrected chi connectivity index (χ3v) is 2.80. The maximum absolute atomic E-state index is 11.5. The van der Waals surface area contributed by atoms with Gasteiger partial charge in [0.25, 0.3) is 0 Å². The van der Waals surface area contributed by atoms with Crippen LogP contribution in [0.3, 0.4) is 0 Å². The fraction of sp³-hybridized carbons (Fsp3) is 0.133. The van der Waals surface area contributed by atoms with Gasteiger partial charge in [0.1, 0.15) is 11.5 Å². The van der Waals surface area contributed by atoms with Crippen molar-refractivity contribution in [3.8, 4) is 11.5 Å². The number of halogens is 1. The zero-order chi connectivity index (χ0) is 13.0. The highest BCUT2D eigenvalue weighted by Crippen LogP contribution is 2.23. The Bertz CT molecular complexity index is 529. The Balaban J connectivity index is 2.10. The molecule has 0 aliphatic carbocycles. The molecule has 2 rings (SSSR count). The second-order valence-electron chi connectivity index (χ2n) is 3.86. The molecule has 0 fully saturated rings. The van der Waals surface area contributed by atoms with Crippen LogP contribution in [0.5, 0.6) is 11.5 Å². The summed E-state index contributed by atoms with van der Waals surface area (Å²) in [5.41, 5.74) is 0.709. The Kier molecular flexibility index (Phi) is 4.00. The SMILES string of the molecule is CCC(=O)c1ccc(Oc2ccc(Cl)cc2)cc1. The van der Waals surface area contributed by atoms with Gasteiger partial charge in [-0.25, -0.2) is 0 Å². The minimum Gasteiger partial charge on any atom is -0.457 e. The lowest BCUT2D eigenvalue weighted by atomic mass is 10.1. The van der Waals surface area contributed by atoms with Crippen LogP contribution in [0.15, 0.2) is 48.5 Å². The zero-order valence-corrected chi connectivity index (χ0v) is 10.8. The highest BCUT2D eigenvalue weighted by atomic mass is 35.5. The van der Waals surface area contributed by atoms with Crippen LogP contribution in [-0.4, -0.2) is 5.78 Å². The van der Waals surface area contributed by atoms with Gasteiger partial charge in [-0.05, 0) is 48.5 Å². The summed E-state index contributed by atoms with van der Waals surface area (Å²) in [5.74, 6) is 1.55. The Morgan fingerprint density at radius 1 is 1.00 bits per heavy atom. The molecule has 0 spiro atoms. The van der Waals surface area contributed by atoms with Crippen LogP contribution in [0.4, 0.5) is 0 Å². The number of benzene rings is 2. The monoisotopic (exact) mass is 260 g/mol. The van der Waals surface area contributed by atoms with E-state index in [4.69, 9.17) is 16.3 Å². The van der Waals surface area contributed by atoms with Crippen molar-refractivity contribution < 1.29 is 9.53 Å². The van der Waals surface area contributed by atoms with Crippen molar-refractivity contribution in [2.24, 2.45) is 0 Å². The van der Waals surface area contributed by atoms with E-state index in [-0.39, 0.29) is 5.78 Å². The largest absolute Gasteiger partial charge is 0.457 e. The molecule has 0 aromatic heterocycles. The van der Waals surface area contributed by atoms with Gasteiger partial charge in [-0.2, -0.15) is 0 Å². The van der Waals surface area contributed by atoms with Crippen LogP contribution in [0, 0.1) is 0 Å². The molecule has 0 saturated carbocycles. The van der Waals surface area contributed by atoms with Crippen molar-refractivity contribution in [1.82, 2.24) is 0 Å². The first-order valence-corrected chi connectivity index (χ1v) is 6.13. The molecule has 0 saturated heterocycles. The highest BCUT2D eigenvalue weighted by Gasteiger charge is 2.03. The molecule has 0 aliphatic rings. The van der Waals surface area contributed by atoms with Crippen LogP contribution >= 0.6 is 11.6 Å². The van der Waals surface area contributed by atoms with Crippen LogP contribution in [0.1, 0.15) is 23.7 Å². The number of ether oxygens (including phenoxy) is 1. The average molecular weight is 261 g/mol. The van der Waals surface area contributed by atoms with Gasteiger partial charge in [-0.1, -0.05) is 18.5 Å². The summed E-state index contributed by atoms with van der Waals surface area (Å²) in [4.78, 5) is 11.5. The zero-order valence-electron chi connectivity index (χ0n) is 10.0.